The molecule has 1 saturated heterocycles. The smallest absolute Gasteiger partial charge is 0.330 e. The van der Waals surface area contributed by atoms with Gasteiger partial charge in [0.2, 0.25) is 11.8 Å². The zero-order valence-corrected chi connectivity index (χ0v) is 17.1. The second kappa shape index (κ2) is 8.40. The van der Waals surface area contributed by atoms with Crippen molar-refractivity contribution in [1.29, 1.82) is 0 Å². The maximum absolute atomic E-state index is 13.3. The van der Waals surface area contributed by atoms with Crippen molar-refractivity contribution in [3.05, 3.63) is 20.8 Å². The first kappa shape index (κ1) is 21.1. The summed E-state index contributed by atoms with van der Waals surface area (Å²) in [6.45, 7) is 4.76. The number of hydrogen-bond donors (Lipinski definition) is 2. The minimum atomic E-state index is -0.722. The monoisotopic (exact) mass is 407 g/mol. The van der Waals surface area contributed by atoms with Crippen molar-refractivity contribution in [3.63, 3.8) is 0 Å². The summed E-state index contributed by atoms with van der Waals surface area (Å²) in [5.41, 5.74) is 4.79. The minimum absolute atomic E-state index is 0.0378. The highest BCUT2D eigenvalue weighted by Gasteiger charge is 2.43. The summed E-state index contributed by atoms with van der Waals surface area (Å²) in [4.78, 5) is 55.7. The predicted octanol–water partition coefficient (Wildman–Crippen LogP) is -0.235. The fourth-order valence-electron chi connectivity index (χ4n) is 3.76. The molecular formula is C19H29N5O5. The number of nitrogen functional groups attached to an aromatic ring is 1. The SMILES string of the molecule is COCCN(C(=O)C1CC(=O)N(C2CC2)C1)c1c(N)n(CC(C)C)c(=O)[nH]c1=O. The fourth-order valence-corrected chi connectivity index (χ4v) is 3.76. The van der Waals surface area contributed by atoms with Gasteiger partial charge in [-0.2, -0.15) is 0 Å². The number of aromatic nitrogens is 2. The first-order valence-corrected chi connectivity index (χ1v) is 9.97. The molecule has 160 valence electrons. The molecule has 0 spiro atoms. The summed E-state index contributed by atoms with van der Waals surface area (Å²) < 4.78 is 6.37. The Morgan fingerprint density at radius 1 is 1.31 bits per heavy atom. The minimum Gasteiger partial charge on any atom is -0.383 e. The number of carbonyl (C=O) groups is 2. The van der Waals surface area contributed by atoms with Crippen LogP contribution in [0.2, 0.25) is 0 Å². The maximum Gasteiger partial charge on any atom is 0.330 e. The number of hydrogen-bond acceptors (Lipinski definition) is 6. The normalized spacial score (nSPS) is 19.2. The topological polar surface area (TPSA) is 131 Å². The van der Waals surface area contributed by atoms with Crippen molar-refractivity contribution >= 4 is 23.3 Å². The molecule has 3 rings (SSSR count). The van der Waals surface area contributed by atoms with Crippen LogP contribution in [0.3, 0.4) is 0 Å². The van der Waals surface area contributed by atoms with E-state index in [2.05, 4.69) is 4.98 Å². The zero-order chi connectivity index (χ0) is 21.3. The van der Waals surface area contributed by atoms with Gasteiger partial charge in [-0.1, -0.05) is 13.8 Å². The summed E-state index contributed by atoms with van der Waals surface area (Å²) in [6.07, 6.45) is 2.04. The lowest BCUT2D eigenvalue weighted by Gasteiger charge is -2.27. The number of amides is 2. The van der Waals surface area contributed by atoms with Gasteiger partial charge in [-0.15, -0.1) is 0 Å². The average molecular weight is 407 g/mol. The molecule has 1 aliphatic carbocycles. The summed E-state index contributed by atoms with van der Waals surface area (Å²) in [6, 6.07) is 0.231. The van der Waals surface area contributed by atoms with Crippen LogP contribution in [0.4, 0.5) is 11.5 Å². The van der Waals surface area contributed by atoms with Crippen molar-refractivity contribution < 1.29 is 14.3 Å². The fraction of sp³-hybridized carbons (Fsp3) is 0.684. The van der Waals surface area contributed by atoms with Crippen molar-refractivity contribution in [1.82, 2.24) is 14.5 Å². The van der Waals surface area contributed by atoms with E-state index in [4.69, 9.17) is 10.5 Å². The molecule has 3 N–H and O–H groups in total. The molecule has 10 heteroatoms. The summed E-state index contributed by atoms with van der Waals surface area (Å²) in [5.74, 6) is -0.893. The van der Waals surface area contributed by atoms with Gasteiger partial charge < -0.3 is 20.3 Å². The molecule has 2 aliphatic rings. The van der Waals surface area contributed by atoms with Gasteiger partial charge in [0, 0.05) is 39.2 Å². The summed E-state index contributed by atoms with van der Waals surface area (Å²) in [5, 5.41) is 0. The Morgan fingerprint density at radius 2 is 2.00 bits per heavy atom. The van der Waals surface area contributed by atoms with E-state index in [0.717, 1.165) is 12.8 Å². The standard InChI is InChI=1S/C19H29N5O5/c1-11(2)9-24-16(20)15(17(26)21-19(24)28)22(6-7-29-3)18(27)12-8-14(25)23(10-12)13-4-5-13/h11-13H,4-10,20H2,1-3H3,(H,21,26,28). The Bertz CT molecular complexity index is 901. The molecule has 0 aromatic carbocycles. The zero-order valence-electron chi connectivity index (χ0n) is 17.1. The van der Waals surface area contributed by atoms with Gasteiger partial charge in [0.1, 0.15) is 5.82 Å². The highest BCUT2D eigenvalue weighted by molar-refractivity contribution is 6.00. The molecule has 10 nitrogen and oxygen atoms in total. The van der Waals surface area contributed by atoms with Crippen LogP contribution in [-0.4, -0.2) is 59.1 Å². The van der Waals surface area contributed by atoms with E-state index in [1.807, 2.05) is 13.8 Å². The van der Waals surface area contributed by atoms with E-state index >= 15 is 0 Å². The number of aromatic amines is 1. The first-order valence-electron chi connectivity index (χ1n) is 9.97. The third-order valence-corrected chi connectivity index (χ3v) is 5.31. The number of carbonyl (C=O) groups excluding carboxylic acids is 2. The number of H-pyrrole nitrogens is 1. The molecule has 2 amide bonds. The van der Waals surface area contributed by atoms with Gasteiger partial charge in [0.05, 0.1) is 12.5 Å². The Morgan fingerprint density at radius 3 is 2.59 bits per heavy atom. The lowest BCUT2D eigenvalue weighted by molar-refractivity contribution is -0.128. The number of methoxy groups -OCH3 is 1. The number of rotatable bonds is 8. The second-order valence-electron chi connectivity index (χ2n) is 8.16. The van der Waals surface area contributed by atoms with Crippen LogP contribution in [0.25, 0.3) is 0 Å². The van der Waals surface area contributed by atoms with Crippen LogP contribution < -0.4 is 21.9 Å². The Hall–Kier alpha value is -2.62. The van der Waals surface area contributed by atoms with E-state index < -0.39 is 17.2 Å². The molecule has 1 atom stereocenters. The van der Waals surface area contributed by atoms with E-state index in [0.29, 0.717) is 13.1 Å². The molecule has 1 saturated carbocycles. The number of nitrogens with zero attached hydrogens (tertiary/aromatic N) is 3. The highest BCUT2D eigenvalue weighted by Crippen LogP contribution is 2.33. The summed E-state index contributed by atoms with van der Waals surface area (Å²) in [7, 11) is 1.49. The number of ether oxygens (including phenoxy) is 1. The molecule has 1 aromatic heterocycles. The molecule has 1 aliphatic heterocycles. The van der Waals surface area contributed by atoms with Crippen molar-refractivity contribution in [2.45, 2.75) is 45.7 Å². The molecule has 2 fully saturated rings. The maximum atomic E-state index is 13.3. The van der Waals surface area contributed by atoms with Crippen LogP contribution in [0, 0.1) is 11.8 Å². The molecular weight excluding hydrogens is 378 g/mol. The van der Waals surface area contributed by atoms with Gasteiger partial charge in [-0.25, -0.2) is 4.79 Å². The van der Waals surface area contributed by atoms with Crippen molar-refractivity contribution in [2.24, 2.45) is 11.8 Å². The van der Waals surface area contributed by atoms with Crippen LogP contribution in [0.1, 0.15) is 33.1 Å². The molecule has 2 heterocycles. The van der Waals surface area contributed by atoms with E-state index in [1.165, 1.54) is 16.6 Å². The van der Waals surface area contributed by atoms with Gasteiger partial charge in [0.15, 0.2) is 5.69 Å². The van der Waals surface area contributed by atoms with Gasteiger partial charge >= 0.3 is 5.69 Å². The van der Waals surface area contributed by atoms with Crippen molar-refractivity contribution in [2.75, 3.05) is 37.4 Å². The third-order valence-electron chi connectivity index (χ3n) is 5.31. The molecule has 0 bridgehead atoms. The molecule has 1 aromatic rings. The van der Waals surface area contributed by atoms with E-state index in [1.54, 1.807) is 4.90 Å². The summed E-state index contributed by atoms with van der Waals surface area (Å²) >= 11 is 0. The van der Waals surface area contributed by atoms with Crippen molar-refractivity contribution in [3.8, 4) is 0 Å². The van der Waals surface area contributed by atoms with Crippen LogP contribution >= 0.6 is 0 Å². The Labute approximate surface area is 168 Å². The molecule has 29 heavy (non-hydrogen) atoms. The predicted molar refractivity (Wildman–Crippen MR) is 108 cm³/mol. The van der Waals surface area contributed by atoms with E-state index in [-0.39, 0.29) is 54.9 Å². The molecule has 1 unspecified atom stereocenters. The second-order valence-corrected chi connectivity index (χ2v) is 8.16. The first-order chi connectivity index (χ1) is 13.7. The highest BCUT2D eigenvalue weighted by atomic mass is 16.5. The lowest BCUT2D eigenvalue weighted by atomic mass is 10.1. The Balaban J connectivity index is 1.96. The number of likely N-dealkylation sites (tertiary alicyclic amines) is 1. The van der Waals surface area contributed by atoms with E-state index in [9.17, 15) is 19.2 Å². The average Bonchev–Trinajstić information content (AvgIpc) is 3.42. The number of nitrogens with two attached hydrogens (primary N) is 1. The Kier molecular flexibility index (Phi) is 6.11. The van der Waals surface area contributed by atoms with Crippen LogP contribution in [0.15, 0.2) is 9.59 Å². The number of anilines is 2. The molecule has 0 radical (unpaired) electrons. The third kappa shape index (κ3) is 4.36. The quantitative estimate of drug-likeness (QED) is 0.612. The van der Waals surface area contributed by atoms with Gasteiger partial charge in [-0.3, -0.25) is 23.9 Å². The van der Waals surface area contributed by atoms with Crippen LogP contribution in [-0.2, 0) is 20.9 Å². The van der Waals surface area contributed by atoms with Gasteiger partial charge in [0.25, 0.3) is 5.56 Å². The number of nitrogens with one attached hydrogen (secondary N) is 1. The largest absolute Gasteiger partial charge is 0.383 e. The van der Waals surface area contributed by atoms with Gasteiger partial charge in [-0.05, 0) is 18.8 Å². The lowest BCUT2D eigenvalue weighted by Crippen LogP contribution is -2.45. The van der Waals surface area contributed by atoms with Crippen LogP contribution in [0.5, 0.6) is 0 Å².